The van der Waals surface area contributed by atoms with Crippen molar-refractivity contribution in [2.24, 2.45) is 0 Å². The van der Waals surface area contributed by atoms with E-state index < -0.39 is 0 Å². The smallest absolute Gasteiger partial charge is 0.255 e. The van der Waals surface area contributed by atoms with Crippen molar-refractivity contribution in [2.45, 2.75) is 32.3 Å². The van der Waals surface area contributed by atoms with E-state index in [9.17, 15) is 4.79 Å². The number of ether oxygens (including phenoxy) is 1. The zero-order chi connectivity index (χ0) is 17.9. The minimum absolute atomic E-state index is 0.00374. The summed E-state index contributed by atoms with van der Waals surface area (Å²) in [4.78, 5) is 29.4. The van der Waals surface area contributed by atoms with Gasteiger partial charge in [0, 0.05) is 44.0 Å². The number of likely N-dealkylation sites (tertiary alicyclic amines) is 1. The van der Waals surface area contributed by atoms with Crippen molar-refractivity contribution in [3.05, 3.63) is 42.0 Å². The van der Waals surface area contributed by atoms with Crippen LogP contribution >= 0.6 is 0 Å². The number of aryl methyl sites for hydroxylation is 1. The van der Waals surface area contributed by atoms with Crippen LogP contribution in [0.2, 0.25) is 0 Å². The van der Waals surface area contributed by atoms with E-state index in [4.69, 9.17) is 4.74 Å². The maximum atomic E-state index is 12.6. The van der Waals surface area contributed by atoms with Crippen molar-refractivity contribution in [2.75, 3.05) is 31.1 Å². The highest BCUT2D eigenvalue weighted by Crippen LogP contribution is 2.23. The molecule has 1 amide bonds. The van der Waals surface area contributed by atoms with E-state index in [0.29, 0.717) is 24.5 Å². The van der Waals surface area contributed by atoms with E-state index in [0.717, 1.165) is 31.0 Å². The van der Waals surface area contributed by atoms with Gasteiger partial charge in [-0.25, -0.2) is 9.97 Å². The standard InChI is InChI=1S/C19H23N5O2/c1-14-4-5-15(11-20-14)19(25)24-9-6-16(12-24)26-18-10-17(21-13-22-18)23-7-2-3-8-23/h4-5,10-11,13,16H,2-3,6-9,12H2,1H3/t16-/m1/s1. The van der Waals surface area contributed by atoms with Crippen LogP contribution in [0.15, 0.2) is 30.7 Å². The fourth-order valence-electron chi connectivity index (χ4n) is 3.47. The van der Waals surface area contributed by atoms with Gasteiger partial charge in [0.1, 0.15) is 18.2 Å². The van der Waals surface area contributed by atoms with Crippen LogP contribution in [0.25, 0.3) is 0 Å². The number of carbonyl (C=O) groups is 1. The van der Waals surface area contributed by atoms with Gasteiger partial charge in [0.05, 0.1) is 12.1 Å². The van der Waals surface area contributed by atoms with E-state index in [2.05, 4.69) is 19.9 Å². The molecule has 4 heterocycles. The predicted octanol–water partition coefficient (Wildman–Crippen LogP) is 2.07. The minimum atomic E-state index is -0.0429. The second-order valence-electron chi connectivity index (χ2n) is 6.88. The summed E-state index contributed by atoms with van der Waals surface area (Å²) in [7, 11) is 0. The van der Waals surface area contributed by atoms with Crippen molar-refractivity contribution < 1.29 is 9.53 Å². The fourth-order valence-corrected chi connectivity index (χ4v) is 3.47. The summed E-state index contributed by atoms with van der Waals surface area (Å²) >= 11 is 0. The zero-order valence-corrected chi connectivity index (χ0v) is 15.0. The van der Waals surface area contributed by atoms with Crippen molar-refractivity contribution in [1.29, 1.82) is 0 Å². The van der Waals surface area contributed by atoms with E-state index in [-0.39, 0.29) is 12.0 Å². The Labute approximate surface area is 153 Å². The molecule has 0 N–H and O–H groups in total. The summed E-state index contributed by atoms with van der Waals surface area (Å²) in [6.07, 6.45) is 6.35. The third kappa shape index (κ3) is 3.61. The Bertz CT molecular complexity index is 774. The monoisotopic (exact) mass is 353 g/mol. The third-order valence-corrected chi connectivity index (χ3v) is 4.94. The van der Waals surface area contributed by atoms with Gasteiger partial charge in [-0.15, -0.1) is 0 Å². The van der Waals surface area contributed by atoms with E-state index >= 15 is 0 Å². The highest BCUT2D eigenvalue weighted by molar-refractivity contribution is 5.94. The summed E-state index contributed by atoms with van der Waals surface area (Å²) < 4.78 is 6.02. The molecule has 2 aliphatic heterocycles. The van der Waals surface area contributed by atoms with Crippen LogP contribution in [0.5, 0.6) is 5.88 Å². The average molecular weight is 353 g/mol. The molecule has 136 valence electrons. The molecule has 7 nitrogen and oxygen atoms in total. The number of carbonyl (C=O) groups excluding carboxylic acids is 1. The molecule has 0 spiro atoms. The Kier molecular flexibility index (Phi) is 4.69. The molecule has 2 aliphatic rings. The molecule has 2 aromatic rings. The number of aromatic nitrogens is 3. The van der Waals surface area contributed by atoms with Gasteiger partial charge in [0.15, 0.2) is 0 Å². The molecule has 0 aromatic carbocycles. The van der Waals surface area contributed by atoms with Gasteiger partial charge in [0.2, 0.25) is 5.88 Å². The highest BCUT2D eigenvalue weighted by Gasteiger charge is 2.29. The lowest BCUT2D eigenvalue weighted by molar-refractivity contribution is 0.0770. The second-order valence-corrected chi connectivity index (χ2v) is 6.88. The summed E-state index contributed by atoms with van der Waals surface area (Å²) in [5.74, 6) is 1.51. The Morgan fingerprint density at radius 2 is 2.00 bits per heavy atom. The average Bonchev–Trinajstić information content (AvgIpc) is 3.34. The van der Waals surface area contributed by atoms with Crippen molar-refractivity contribution in [3.8, 4) is 5.88 Å². The fraction of sp³-hybridized carbons (Fsp3) is 0.474. The first-order valence-electron chi connectivity index (χ1n) is 9.14. The highest BCUT2D eigenvalue weighted by atomic mass is 16.5. The number of nitrogens with zero attached hydrogens (tertiary/aromatic N) is 5. The van der Waals surface area contributed by atoms with Crippen LogP contribution in [-0.4, -0.2) is 58.0 Å². The topological polar surface area (TPSA) is 71.5 Å². The number of rotatable bonds is 4. The van der Waals surface area contributed by atoms with Crippen LogP contribution in [0.1, 0.15) is 35.3 Å². The normalized spacial score (nSPS) is 19.8. The van der Waals surface area contributed by atoms with Crippen LogP contribution in [0.3, 0.4) is 0 Å². The number of anilines is 1. The molecule has 4 rings (SSSR count). The lowest BCUT2D eigenvalue weighted by atomic mass is 10.2. The first-order valence-corrected chi connectivity index (χ1v) is 9.14. The number of hydrogen-bond donors (Lipinski definition) is 0. The summed E-state index contributed by atoms with van der Waals surface area (Å²) in [6.45, 7) is 5.23. The van der Waals surface area contributed by atoms with Gasteiger partial charge in [0.25, 0.3) is 5.91 Å². The van der Waals surface area contributed by atoms with Crippen molar-refractivity contribution >= 4 is 11.7 Å². The van der Waals surface area contributed by atoms with Crippen LogP contribution < -0.4 is 9.64 Å². The third-order valence-electron chi connectivity index (χ3n) is 4.94. The van der Waals surface area contributed by atoms with E-state index in [1.807, 2.05) is 30.0 Å². The summed E-state index contributed by atoms with van der Waals surface area (Å²) in [5.41, 5.74) is 1.52. The number of pyridine rings is 1. The molecule has 2 aromatic heterocycles. The van der Waals surface area contributed by atoms with Crippen LogP contribution in [-0.2, 0) is 0 Å². The molecule has 7 heteroatoms. The largest absolute Gasteiger partial charge is 0.472 e. The summed E-state index contributed by atoms with van der Waals surface area (Å²) in [6, 6.07) is 5.59. The van der Waals surface area contributed by atoms with Gasteiger partial charge in [-0.3, -0.25) is 9.78 Å². The second kappa shape index (κ2) is 7.27. The van der Waals surface area contributed by atoms with Gasteiger partial charge >= 0.3 is 0 Å². The lowest BCUT2D eigenvalue weighted by Crippen LogP contribution is -2.31. The van der Waals surface area contributed by atoms with E-state index in [1.54, 1.807) is 12.5 Å². The molecule has 0 unspecified atom stereocenters. The molecule has 2 saturated heterocycles. The molecule has 0 aliphatic carbocycles. The zero-order valence-electron chi connectivity index (χ0n) is 15.0. The van der Waals surface area contributed by atoms with Gasteiger partial charge in [-0.1, -0.05) is 0 Å². The molecular formula is C19H23N5O2. The Balaban J connectivity index is 1.37. The van der Waals surface area contributed by atoms with Crippen LogP contribution in [0, 0.1) is 6.92 Å². The molecular weight excluding hydrogens is 330 g/mol. The maximum Gasteiger partial charge on any atom is 0.255 e. The first kappa shape index (κ1) is 16.8. The molecule has 0 bridgehead atoms. The minimum Gasteiger partial charge on any atom is -0.472 e. The van der Waals surface area contributed by atoms with Crippen LogP contribution in [0.4, 0.5) is 5.82 Å². The first-order chi connectivity index (χ1) is 12.7. The van der Waals surface area contributed by atoms with Gasteiger partial charge in [-0.2, -0.15) is 0 Å². The van der Waals surface area contributed by atoms with Gasteiger partial charge in [-0.05, 0) is 31.9 Å². The lowest BCUT2D eigenvalue weighted by Gasteiger charge is -2.19. The Hall–Kier alpha value is -2.70. The molecule has 2 fully saturated rings. The van der Waals surface area contributed by atoms with Gasteiger partial charge < -0.3 is 14.5 Å². The maximum absolute atomic E-state index is 12.6. The molecule has 26 heavy (non-hydrogen) atoms. The number of hydrogen-bond acceptors (Lipinski definition) is 6. The Morgan fingerprint density at radius 3 is 2.77 bits per heavy atom. The molecule has 0 radical (unpaired) electrons. The molecule has 0 saturated carbocycles. The Morgan fingerprint density at radius 1 is 1.15 bits per heavy atom. The summed E-state index contributed by atoms with van der Waals surface area (Å²) in [5, 5.41) is 0. The predicted molar refractivity (Wildman–Crippen MR) is 97.4 cm³/mol. The molecule has 1 atom stereocenters. The van der Waals surface area contributed by atoms with Crippen molar-refractivity contribution in [3.63, 3.8) is 0 Å². The SMILES string of the molecule is Cc1ccc(C(=O)N2CC[C@@H](Oc3cc(N4CCCC4)ncn3)C2)cn1. The van der Waals surface area contributed by atoms with Crippen molar-refractivity contribution in [1.82, 2.24) is 19.9 Å². The quantitative estimate of drug-likeness (QED) is 0.838. The van der Waals surface area contributed by atoms with E-state index in [1.165, 1.54) is 12.8 Å². The number of amides is 1.